The van der Waals surface area contributed by atoms with Crippen LogP contribution in [0.15, 0.2) is 54.6 Å². The fourth-order valence-corrected chi connectivity index (χ4v) is 3.01. The summed E-state index contributed by atoms with van der Waals surface area (Å²) in [5.74, 6) is -1.32. The number of benzene rings is 1. The van der Waals surface area contributed by atoms with Gasteiger partial charge in [0.2, 0.25) is 0 Å². The number of hydrogen-bond acceptors (Lipinski definition) is 4. The normalized spacial score (nSPS) is 10.4. The third-order valence-corrected chi connectivity index (χ3v) is 4.44. The smallest absolute Gasteiger partial charge is 0.345 e. The van der Waals surface area contributed by atoms with Gasteiger partial charge in [-0.15, -0.1) is 11.3 Å². The summed E-state index contributed by atoms with van der Waals surface area (Å²) < 4.78 is 0. The molecule has 0 radical (unpaired) electrons. The van der Waals surface area contributed by atoms with Gasteiger partial charge in [0.05, 0.1) is 22.0 Å². The number of carbonyl (C=O) groups excluding carboxylic acids is 1. The van der Waals surface area contributed by atoms with E-state index in [1.165, 1.54) is 6.07 Å². The molecule has 0 saturated carbocycles. The number of thiophene rings is 1. The lowest BCUT2D eigenvalue weighted by Gasteiger charge is -2.08. The van der Waals surface area contributed by atoms with Gasteiger partial charge in [-0.2, -0.15) is 0 Å². The molecule has 0 aliphatic heterocycles. The van der Waals surface area contributed by atoms with E-state index in [0.29, 0.717) is 16.3 Å². The van der Waals surface area contributed by atoms with Crippen LogP contribution >= 0.6 is 11.3 Å². The van der Waals surface area contributed by atoms with Crippen LogP contribution in [0.4, 0.5) is 5.00 Å². The molecule has 0 saturated heterocycles. The number of nitrogens with zero attached hydrogens (tertiary/aromatic N) is 1. The number of aryl methyl sites for hydroxylation is 1. The quantitative estimate of drug-likeness (QED) is 0.751. The van der Waals surface area contributed by atoms with E-state index in [1.54, 1.807) is 25.1 Å². The van der Waals surface area contributed by atoms with Crippen molar-refractivity contribution in [1.29, 1.82) is 0 Å². The lowest BCUT2D eigenvalue weighted by Crippen LogP contribution is -2.13. The van der Waals surface area contributed by atoms with Crippen LogP contribution in [0.5, 0.6) is 0 Å². The Balaban J connectivity index is 1.81. The minimum absolute atomic E-state index is 0.180. The molecule has 120 valence electrons. The average Bonchev–Trinajstić information content (AvgIpc) is 3.04. The van der Waals surface area contributed by atoms with E-state index < -0.39 is 5.97 Å². The molecule has 3 rings (SSSR count). The molecule has 0 spiro atoms. The molecule has 2 heterocycles. The first-order chi connectivity index (χ1) is 11.5. The van der Waals surface area contributed by atoms with Crippen molar-refractivity contribution in [3.05, 3.63) is 70.7 Å². The van der Waals surface area contributed by atoms with E-state index in [9.17, 15) is 9.59 Å². The zero-order valence-electron chi connectivity index (χ0n) is 12.8. The maximum absolute atomic E-state index is 12.4. The summed E-state index contributed by atoms with van der Waals surface area (Å²) in [6.07, 6.45) is 0. The molecule has 3 aromatic rings. The molecule has 0 unspecified atom stereocenters. The third kappa shape index (κ3) is 3.33. The number of amides is 1. The maximum Gasteiger partial charge on any atom is 0.345 e. The second-order valence-corrected chi connectivity index (χ2v) is 6.20. The van der Waals surface area contributed by atoms with Crippen molar-refractivity contribution < 1.29 is 14.7 Å². The van der Waals surface area contributed by atoms with Crippen molar-refractivity contribution in [2.75, 3.05) is 5.32 Å². The summed E-state index contributed by atoms with van der Waals surface area (Å²) in [5, 5.41) is 12.1. The van der Waals surface area contributed by atoms with Gasteiger partial charge in [-0.25, -0.2) is 4.79 Å². The van der Waals surface area contributed by atoms with E-state index >= 15 is 0 Å². The number of aromatic carboxylic acids is 1. The van der Waals surface area contributed by atoms with Crippen LogP contribution in [0, 0.1) is 6.92 Å². The van der Waals surface area contributed by atoms with Crippen LogP contribution in [-0.2, 0) is 0 Å². The number of hydrogen-bond donors (Lipinski definition) is 2. The van der Waals surface area contributed by atoms with E-state index in [0.717, 1.165) is 22.6 Å². The zero-order chi connectivity index (χ0) is 17.1. The summed E-state index contributed by atoms with van der Waals surface area (Å²) in [6, 6.07) is 16.3. The fraction of sp³-hybridized carbons (Fsp3) is 0.0556. The van der Waals surface area contributed by atoms with Crippen LogP contribution in [0.25, 0.3) is 11.3 Å². The number of anilines is 1. The Labute approximate surface area is 142 Å². The van der Waals surface area contributed by atoms with Gasteiger partial charge in [-0.1, -0.05) is 30.3 Å². The zero-order valence-corrected chi connectivity index (χ0v) is 13.6. The minimum atomic E-state index is -1.01. The standard InChI is InChI=1S/C18H14N2O3S/c1-11-13(7-8-14(19-11)12-5-3-2-4-6-12)17(21)20-16-10-9-15(24-16)18(22)23/h2-10H,1H3,(H,20,21)(H,22,23). The van der Waals surface area contributed by atoms with Gasteiger partial charge in [-0.05, 0) is 31.2 Å². The molecule has 2 N–H and O–H groups in total. The molecule has 0 aliphatic carbocycles. The van der Waals surface area contributed by atoms with Crippen molar-refractivity contribution in [2.45, 2.75) is 6.92 Å². The summed E-state index contributed by atoms with van der Waals surface area (Å²) in [5.41, 5.74) is 2.86. The lowest BCUT2D eigenvalue weighted by molar-refractivity contribution is 0.0702. The first kappa shape index (κ1) is 15.9. The van der Waals surface area contributed by atoms with Crippen molar-refractivity contribution in [2.24, 2.45) is 0 Å². The largest absolute Gasteiger partial charge is 0.477 e. The van der Waals surface area contributed by atoms with Gasteiger partial charge in [0.25, 0.3) is 5.91 Å². The SMILES string of the molecule is Cc1nc(-c2ccccc2)ccc1C(=O)Nc1ccc(C(=O)O)s1. The van der Waals surface area contributed by atoms with Crippen molar-refractivity contribution in [3.8, 4) is 11.3 Å². The van der Waals surface area contributed by atoms with Crippen LogP contribution < -0.4 is 5.32 Å². The molecule has 5 nitrogen and oxygen atoms in total. The Kier molecular flexibility index (Phi) is 4.39. The van der Waals surface area contributed by atoms with Crippen LogP contribution in [0.3, 0.4) is 0 Å². The van der Waals surface area contributed by atoms with Crippen LogP contribution in [0.2, 0.25) is 0 Å². The van der Waals surface area contributed by atoms with Crippen LogP contribution in [0.1, 0.15) is 25.7 Å². The number of carboxylic acids is 1. The number of carboxylic acid groups (broad SMARTS) is 1. The number of carbonyl (C=O) groups is 2. The molecule has 24 heavy (non-hydrogen) atoms. The van der Waals surface area contributed by atoms with Gasteiger partial charge in [0.15, 0.2) is 0 Å². The van der Waals surface area contributed by atoms with Gasteiger partial charge in [-0.3, -0.25) is 9.78 Å². The topological polar surface area (TPSA) is 79.3 Å². The Morgan fingerprint density at radius 3 is 2.42 bits per heavy atom. The average molecular weight is 338 g/mol. The predicted octanol–water partition coefficient (Wildman–Crippen LogP) is 4.07. The predicted molar refractivity (Wildman–Crippen MR) is 93.6 cm³/mol. The number of rotatable bonds is 4. The highest BCUT2D eigenvalue weighted by molar-refractivity contribution is 7.18. The molecular weight excluding hydrogens is 324 g/mol. The molecule has 6 heteroatoms. The van der Waals surface area contributed by atoms with Gasteiger partial charge in [0.1, 0.15) is 4.88 Å². The highest BCUT2D eigenvalue weighted by Crippen LogP contribution is 2.23. The highest BCUT2D eigenvalue weighted by Gasteiger charge is 2.14. The fourth-order valence-electron chi connectivity index (χ4n) is 2.27. The molecule has 0 aliphatic rings. The first-order valence-electron chi connectivity index (χ1n) is 7.22. The Hall–Kier alpha value is -2.99. The minimum Gasteiger partial charge on any atom is -0.477 e. The Bertz CT molecular complexity index is 904. The summed E-state index contributed by atoms with van der Waals surface area (Å²) in [6.45, 7) is 1.78. The van der Waals surface area contributed by atoms with Gasteiger partial charge in [0, 0.05) is 5.56 Å². The number of nitrogens with one attached hydrogen (secondary N) is 1. The van der Waals surface area contributed by atoms with Crippen molar-refractivity contribution >= 4 is 28.2 Å². The van der Waals surface area contributed by atoms with E-state index in [-0.39, 0.29) is 10.8 Å². The monoisotopic (exact) mass is 338 g/mol. The molecule has 0 atom stereocenters. The summed E-state index contributed by atoms with van der Waals surface area (Å²) in [7, 11) is 0. The molecule has 1 amide bonds. The van der Waals surface area contributed by atoms with Crippen molar-refractivity contribution in [3.63, 3.8) is 0 Å². The van der Waals surface area contributed by atoms with Crippen molar-refractivity contribution in [1.82, 2.24) is 4.98 Å². The molecule has 2 aromatic heterocycles. The van der Waals surface area contributed by atoms with E-state index in [1.807, 2.05) is 30.3 Å². The summed E-state index contributed by atoms with van der Waals surface area (Å²) >= 11 is 1.02. The molecule has 0 fully saturated rings. The van der Waals surface area contributed by atoms with Gasteiger partial charge >= 0.3 is 5.97 Å². The molecule has 0 bridgehead atoms. The third-order valence-electron chi connectivity index (χ3n) is 3.45. The van der Waals surface area contributed by atoms with E-state index in [4.69, 9.17) is 5.11 Å². The first-order valence-corrected chi connectivity index (χ1v) is 8.04. The number of aromatic nitrogens is 1. The van der Waals surface area contributed by atoms with Crippen LogP contribution in [-0.4, -0.2) is 22.0 Å². The second kappa shape index (κ2) is 6.64. The molecule has 1 aromatic carbocycles. The summed E-state index contributed by atoms with van der Waals surface area (Å²) in [4.78, 5) is 27.9. The lowest BCUT2D eigenvalue weighted by atomic mass is 10.1. The Morgan fingerprint density at radius 1 is 1.04 bits per heavy atom. The highest BCUT2D eigenvalue weighted by atomic mass is 32.1. The maximum atomic E-state index is 12.4. The van der Waals surface area contributed by atoms with E-state index in [2.05, 4.69) is 10.3 Å². The Morgan fingerprint density at radius 2 is 1.79 bits per heavy atom. The van der Waals surface area contributed by atoms with Gasteiger partial charge < -0.3 is 10.4 Å². The number of pyridine rings is 1. The molecular formula is C18H14N2O3S. The second-order valence-electron chi connectivity index (χ2n) is 5.12.